The van der Waals surface area contributed by atoms with E-state index in [-0.39, 0.29) is 18.2 Å². The lowest BCUT2D eigenvalue weighted by atomic mass is 9.72. The SMILES string of the molecule is NC1C2CCOC2C1Nc1ccncc1Br. The van der Waals surface area contributed by atoms with Crippen LogP contribution in [0.2, 0.25) is 0 Å². The number of nitrogens with two attached hydrogens (primary N) is 1. The molecular formula is C11H14BrN3O. The van der Waals surface area contributed by atoms with Crippen LogP contribution in [-0.2, 0) is 4.74 Å². The number of rotatable bonds is 2. The van der Waals surface area contributed by atoms with E-state index >= 15 is 0 Å². The fourth-order valence-electron chi connectivity index (χ4n) is 2.60. The van der Waals surface area contributed by atoms with Crippen LogP contribution >= 0.6 is 15.9 Å². The van der Waals surface area contributed by atoms with E-state index in [2.05, 4.69) is 26.2 Å². The second kappa shape index (κ2) is 3.98. The molecule has 0 radical (unpaired) electrons. The van der Waals surface area contributed by atoms with Gasteiger partial charge in [0.25, 0.3) is 0 Å². The quantitative estimate of drug-likeness (QED) is 0.861. The van der Waals surface area contributed by atoms with Crippen LogP contribution in [0.25, 0.3) is 0 Å². The average Bonchev–Trinajstić information content (AvgIpc) is 2.72. The number of pyridine rings is 1. The molecule has 2 aliphatic rings. The second-order valence-corrected chi connectivity index (χ2v) is 5.25. The van der Waals surface area contributed by atoms with Crippen LogP contribution in [0.1, 0.15) is 6.42 Å². The largest absolute Gasteiger partial charge is 0.377 e. The maximum absolute atomic E-state index is 6.13. The summed E-state index contributed by atoms with van der Waals surface area (Å²) in [5, 5.41) is 3.43. The van der Waals surface area contributed by atoms with Crippen LogP contribution in [0.3, 0.4) is 0 Å². The average molecular weight is 284 g/mol. The molecule has 86 valence electrons. The van der Waals surface area contributed by atoms with Gasteiger partial charge in [-0.3, -0.25) is 4.98 Å². The summed E-state index contributed by atoms with van der Waals surface area (Å²) in [6, 6.07) is 2.37. The van der Waals surface area contributed by atoms with Crippen molar-refractivity contribution in [3.05, 3.63) is 22.9 Å². The lowest BCUT2D eigenvalue weighted by Crippen LogP contribution is -2.65. The van der Waals surface area contributed by atoms with Crippen molar-refractivity contribution in [2.45, 2.75) is 24.6 Å². The van der Waals surface area contributed by atoms with Gasteiger partial charge in [0.15, 0.2) is 0 Å². The van der Waals surface area contributed by atoms with E-state index in [1.807, 2.05) is 6.07 Å². The Labute approximate surface area is 103 Å². The first-order valence-corrected chi connectivity index (χ1v) is 6.30. The Morgan fingerprint density at radius 1 is 1.56 bits per heavy atom. The number of halogens is 1. The van der Waals surface area contributed by atoms with E-state index in [1.54, 1.807) is 12.4 Å². The Bertz CT molecular complexity index is 401. The third-order valence-corrected chi connectivity index (χ3v) is 4.17. The summed E-state index contributed by atoms with van der Waals surface area (Å²) >= 11 is 3.46. The van der Waals surface area contributed by atoms with Crippen molar-refractivity contribution in [3.8, 4) is 0 Å². The van der Waals surface area contributed by atoms with Gasteiger partial charge in [0.05, 0.1) is 22.3 Å². The molecule has 1 aliphatic heterocycles. The van der Waals surface area contributed by atoms with Gasteiger partial charge in [0, 0.05) is 31.0 Å². The number of ether oxygens (including phenoxy) is 1. The molecule has 0 amide bonds. The van der Waals surface area contributed by atoms with Crippen LogP contribution in [0, 0.1) is 5.92 Å². The number of fused-ring (bicyclic) bond motifs is 1. The van der Waals surface area contributed by atoms with Crippen LogP contribution in [0.4, 0.5) is 5.69 Å². The Morgan fingerprint density at radius 3 is 3.25 bits per heavy atom. The molecule has 4 nitrogen and oxygen atoms in total. The number of aromatic nitrogens is 1. The molecule has 2 heterocycles. The molecular weight excluding hydrogens is 270 g/mol. The lowest BCUT2D eigenvalue weighted by molar-refractivity contribution is 0.00535. The molecule has 0 aromatic carbocycles. The maximum atomic E-state index is 6.13. The van der Waals surface area contributed by atoms with Crippen molar-refractivity contribution in [1.29, 1.82) is 0 Å². The van der Waals surface area contributed by atoms with Gasteiger partial charge in [0.2, 0.25) is 0 Å². The predicted molar refractivity (Wildman–Crippen MR) is 65.2 cm³/mol. The molecule has 16 heavy (non-hydrogen) atoms. The first kappa shape index (κ1) is 10.5. The zero-order valence-corrected chi connectivity index (χ0v) is 10.4. The Morgan fingerprint density at radius 2 is 2.44 bits per heavy atom. The summed E-state index contributed by atoms with van der Waals surface area (Å²) in [5.41, 5.74) is 7.16. The molecule has 3 rings (SSSR count). The van der Waals surface area contributed by atoms with Gasteiger partial charge in [-0.1, -0.05) is 0 Å². The monoisotopic (exact) mass is 283 g/mol. The number of nitrogens with zero attached hydrogens (tertiary/aromatic N) is 1. The van der Waals surface area contributed by atoms with Crippen LogP contribution < -0.4 is 11.1 Å². The first-order chi connectivity index (χ1) is 7.77. The molecule has 4 unspecified atom stereocenters. The number of hydrogen-bond acceptors (Lipinski definition) is 4. The third kappa shape index (κ3) is 1.54. The molecule has 1 aromatic rings. The summed E-state index contributed by atoms with van der Waals surface area (Å²) in [5.74, 6) is 0.540. The molecule has 3 N–H and O–H groups in total. The van der Waals surface area contributed by atoms with Gasteiger partial charge >= 0.3 is 0 Å². The van der Waals surface area contributed by atoms with E-state index in [1.165, 1.54) is 0 Å². The highest BCUT2D eigenvalue weighted by Crippen LogP contribution is 2.39. The zero-order chi connectivity index (χ0) is 11.1. The topological polar surface area (TPSA) is 60.2 Å². The molecule has 0 spiro atoms. The van der Waals surface area contributed by atoms with Gasteiger partial charge in [-0.15, -0.1) is 0 Å². The molecule has 2 fully saturated rings. The predicted octanol–water partition coefficient (Wildman–Crippen LogP) is 1.37. The lowest BCUT2D eigenvalue weighted by Gasteiger charge is -2.46. The molecule has 1 aromatic heterocycles. The van der Waals surface area contributed by atoms with Crippen molar-refractivity contribution in [2.75, 3.05) is 11.9 Å². The highest BCUT2D eigenvalue weighted by atomic mass is 79.9. The Kier molecular flexibility index (Phi) is 2.61. The Hall–Kier alpha value is -0.650. The minimum atomic E-state index is 0.201. The standard InChI is InChI=1S/C11H14BrN3O/c12-7-5-14-3-1-8(7)15-10-9(13)6-2-4-16-11(6)10/h1,3,5-6,9-11H,2,4,13H2,(H,14,15). The van der Waals surface area contributed by atoms with Crippen molar-refractivity contribution in [2.24, 2.45) is 11.7 Å². The van der Waals surface area contributed by atoms with Crippen molar-refractivity contribution in [3.63, 3.8) is 0 Å². The van der Waals surface area contributed by atoms with Crippen LogP contribution in [0.5, 0.6) is 0 Å². The fraction of sp³-hybridized carbons (Fsp3) is 0.545. The third-order valence-electron chi connectivity index (χ3n) is 3.54. The fourth-order valence-corrected chi connectivity index (χ4v) is 2.96. The van der Waals surface area contributed by atoms with Crippen molar-refractivity contribution in [1.82, 2.24) is 4.98 Å². The molecule has 5 heteroatoms. The first-order valence-electron chi connectivity index (χ1n) is 5.50. The second-order valence-electron chi connectivity index (χ2n) is 4.39. The molecule has 1 saturated heterocycles. The van der Waals surface area contributed by atoms with Crippen molar-refractivity contribution < 1.29 is 4.74 Å². The van der Waals surface area contributed by atoms with Gasteiger partial charge < -0.3 is 15.8 Å². The van der Waals surface area contributed by atoms with Crippen LogP contribution in [-0.4, -0.2) is 29.8 Å². The van der Waals surface area contributed by atoms with Crippen molar-refractivity contribution >= 4 is 21.6 Å². The smallest absolute Gasteiger partial charge is 0.0835 e. The Balaban J connectivity index is 1.74. The van der Waals surface area contributed by atoms with E-state index in [9.17, 15) is 0 Å². The van der Waals surface area contributed by atoms with E-state index < -0.39 is 0 Å². The molecule has 4 atom stereocenters. The summed E-state index contributed by atoms with van der Waals surface area (Å²) in [7, 11) is 0. The minimum Gasteiger partial charge on any atom is -0.377 e. The van der Waals surface area contributed by atoms with E-state index in [0.29, 0.717) is 5.92 Å². The van der Waals surface area contributed by atoms with Gasteiger partial charge in [-0.25, -0.2) is 0 Å². The highest BCUT2D eigenvalue weighted by molar-refractivity contribution is 9.10. The van der Waals surface area contributed by atoms with Crippen LogP contribution in [0.15, 0.2) is 22.9 Å². The number of nitrogens with one attached hydrogen (secondary N) is 1. The highest BCUT2D eigenvalue weighted by Gasteiger charge is 2.52. The summed E-state index contributed by atoms with van der Waals surface area (Å²) < 4.78 is 6.64. The number of hydrogen-bond donors (Lipinski definition) is 2. The maximum Gasteiger partial charge on any atom is 0.0835 e. The summed E-state index contributed by atoms with van der Waals surface area (Å²) in [6.45, 7) is 0.846. The number of anilines is 1. The molecule has 0 bridgehead atoms. The van der Waals surface area contributed by atoms with Gasteiger partial charge in [-0.2, -0.15) is 0 Å². The normalized spacial score (nSPS) is 36.6. The zero-order valence-electron chi connectivity index (χ0n) is 8.77. The van der Waals surface area contributed by atoms with Gasteiger partial charge in [0.1, 0.15) is 0 Å². The summed E-state index contributed by atoms with van der Waals surface area (Å²) in [4.78, 5) is 4.03. The van der Waals surface area contributed by atoms with Gasteiger partial charge in [-0.05, 0) is 28.4 Å². The minimum absolute atomic E-state index is 0.201. The van der Waals surface area contributed by atoms with E-state index in [4.69, 9.17) is 10.5 Å². The molecule has 1 aliphatic carbocycles. The summed E-state index contributed by atoms with van der Waals surface area (Å²) in [6.07, 6.45) is 4.93. The molecule has 1 saturated carbocycles. The van der Waals surface area contributed by atoms with E-state index in [0.717, 1.165) is 23.2 Å².